The van der Waals surface area contributed by atoms with E-state index in [-0.39, 0.29) is 6.54 Å². The van der Waals surface area contributed by atoms with E-state index in [2.05, 4.69) is 9.88 Å². The summed E-state index contributed by atoms with van der Waals surface area (Å²) in [5.41, 5.74) is 0.978. The van der Waals surface area contributed by atoms with Gasteiger partial charge in [-0.3, -0.25) is 14.6 Å². The largest absolute Gasteiger partial charge is 0.481 e. The summed E-state index contributed by atoms with van der Waals surface area (Å²) in [7, 11) is 1.61. The van der Waals surface area contributed by atoms with Gasteiger partial charge >= 0.3 is 5.97 Å². The fourth-order valence-corrected chi connectivity index (χ4v) is 2.19. The van der Waals surface area contributed by atoms with Crippen LogP contribution in [0.1, 0.15) is 5.69 Å². The molecule has 0 radical (unpaired) electrons. The standard InChI is InChI=1S/C13H19N3O3/c1-19-12-4-2-3-11(14-12)9-15-5-7-16(8-6-15)10-13(17)18/h2-4H,5-10H2,1H3,(H,17,18). The van der Waals surface area contributed by atoms with Crippen LogP contribution in [0.2, 0.25) is 0 Å². The van der Waals surface area contributed by atoms with Gasteiger partial charge in [0.25, 0.3) is 0 Å². The molecule has 0 atom stereocenters. The molecule has 1 N–H and O–H groups in total. The van der Waals surface area contributed by atoms with E-state index in [4.69, 9.17) is 9.84 Å². The fourth-order valence-electron chi connectivity index (χ4n) is 2.19. The zero-order valence-electron chi connectivity index (χ0n) is 11.1. The number of aromatic nitrogens is 1. The van der Waals surface area contributed by atoms with Gasteiger partial charge in [0.05, 0.1) is 19.3 Å². The minimum Gasteiger partial charge on any atom is -0.481 e. The summed E-state index contributed by atoms with van der Waals surface area (Å²) in [6, 6.07) is 5.74. The molecule has 104 valence electrons. The van der Waals surface area contributed by atoms with E-state index in [1.807, 2.05) is 23.1 Å². The van der Waals surface area contributed by atoms with E-state index in [1.165, 1.54) is 0 Å². The van der Waals surface area contributed by atoms with Gasteiger partial charge in [-0.1, -0.05) is 6.07 Å². The van der Waals surface area contributed by atoms with Crippen LogP contribution in [0.4, 0.5) is 0 Å². The van der Waals surface area contributed by atoms with Crippen LogP contribution in [-0.2, 0) is 11.3 Å². The fraction of sp³-hybridized carbons (Fsp3) is 0.538. The van der Waals surface area contributed by atoms with Crippen molar-refractivity contribution in [3.05, 3.63) is 23.9 Å². The Morgan fingerprint density at radius 2 is 2.00 bits per heavy atom. The molecule has 6 heteroatoms. The van der Waals surface area contributed by atoms with Crippen LogP contribution in [0.15, 0.2) is 18.2 Å². The summed E-state index contributed by atoms with van der Waals surface area (Å²) in [4.78, 5) is 19.2. The van der Waals surface area contributed by atoms with Crippen LogP contribution in [0.5, 0.6) is 5.88 Å². The minimum absolute atomic E-state index is 0.130. The van der Waals surface area contributed by atoms with Crippen molar-refractivity contribution in [3.8, 4) is 5.88 Å². The van der Waals surface area contributed by atoms with Gasteiger partial charge in [-0.05, 0) is 6.07 Å². The number of rotatable bonds is 5. The highest BCUT2D eigenvalue weighted by Crippen LogP contribution is 2.10. The second kappa shape index (κ2) is 6.49. The van der Waals surface area contributed by atoms with Gasteiger partial charge in [0.1, 0.15) is 0 Å². The molecule has 0 amide bonds. The quantitative estimate of drug-likeness (QED) is 0.825. The number of carboxylic acid groups (broad SMARTS) is 1. The van der Waals surface area contributed by atoms with Crippen molar-refractivity contribution >= 4 is 5.97 Å². The minimum atomic E-state index is -0.761. The summed E-state index contributed by atoms with van der Waals surface area (Å²) in [5, 5.41) is 8.75. The summed E-state index contributed by atoms with van der Waals surface area (Å²) >= 11 is 0. The van der Waals surface area contributed by atoms with Crippen LogP contribution in [0.3, 0.4) is 0 Å². The third-order valence-corrected chi connectivity index (χ3v) is 3.20. The molecule has 0 bridgehead atoms. The molecular formula is C13H19N3O3. The van der Waals surface area contributed by atoms with Crippen LogP contribution in [0, 0.1) is 0 Å². The van der Waals surface area contributed by atoms with Crippen molar-refractivity contribution in [3.63, 3.8) is 0 Å². The van der Waals surface area contributed by atoms with Crippen molar-refractivity contribution in [1.82, 2.24) is 14.8 Å². The number of ether oxygens (including phenoxy) is 1. The highest BCUT2D eigenvalue weighted by atomic mass is 16.5. The molecule has 1 aromatic heterocycles. The Morgan fingerprint density at radius 1 is 1.32 bits per heavy atom. The van der Waals surface area contributed by atoms with Crippen LogP contribution >= 0.6 is 0 Å². The van der Waals surface area contributed by atoms with Crippen molar-refractivity contribution in [2.45, 2.75) is 6.54 Å². The molecule has 1 aliphatic rings. The number of nitrogens with zero attached hydrogens (tertiary/aromatic N) is 3. The van der Waals surface area contributed by atoms with Gasteiger partial charge < -0.3 is 9.84 Å². The second-order valence-corrected chi connectivity index (χ2v) is 4.62. The molecule has 1 aromatic rings. The average Bonchev–Trinajstić information content (AvgIpc) is 2.41. The normalized spacial score (nSPS) is 17.3. The summed E-state index contributed by atoms with van der Waals surface area (Å²) in [6.45, 7) is 4.22. The lowest BCUT2D eigenvalue weighted by Gasteiger charge is -2.33. The molecular weight excluding hydrogens is 246 g/mol. The molecule has 0 aliphatic carbocycles. The zero-order valence-corrected chi connectivity index (χ0v) is 11.1. The third-order valence-electron chi connectivity index (χ3n) is 3.20. The number of piperazine rings is 1. The number of hydrogen-bond donors (Lipinski definition) is 1. The molecule has 2 rings (SSSR count). The number of methoxy groups -OCH3 is 1. The van der Waals surface area contributed by atoms with Crippen LogP contribution in [-0.4, -0.2) is 65.7 Å². The lowest BCUT2D eigenvalue weighted by atomic mass is 10.2. The highest BCUT2D eigenvalue weighted by Gasteiger charge is 2.18. The first-order chi connectivity index (χ1) is 9.17. The van der Waals surface area contributed by atoms with Crippen molar-refractivity contribution in [1.29, 1.82) is 0 Å². The number of carboxylic acids is 1. The van der Waals surface area contributed by atoms with Crippen molar-refractivity contribution < 1.29 is 14.6 Å². The molecule has 0 saturated carbocycles. The first kappa shape index (κ1) is 13.8. The molecule has 0 unspecified atom stereocenters. The van der Waals surface area contributed by atoms with E-state index in [0.29, 0.717) is 5.88 Å². The summed E-state index contributed by atoms with van der Waals surface area (Å²) in [6.07, 6.45) is 0. The molecule has 1 aliphatic heterocycles. The predicted octanol–water partition coefficient (Wildman–Crippen LogP) is 0.292. The van der Waals surface area contributed by atoms with E-state index in [0.717, 1.165) is 38.4 Å². The van der Waals surface area contributed by atoms with Crippen LogP contribution in [0.25, 0.3) is 0 Å². The van der Waals surface area contributed by atoms with E-state index < -0.39 is 5.97 Å². The van der Waals surface area contributed by atoms with Gasteiger partial charge in [0, 0.05) is 38.8 Å². The van der Waals surface area contributed by atoms with E-state index >= 15 is 0 Å². The molecule has 0 aromatic carbocycles. The predicted molar refractivity (Wildman–Crippen MR) is 70.1 cm³/mol. The Morgan fingerprint density at radius 3 is 2.63 bits per heavy atom. The maximum absolute atomic E-state index is 10.6. The molecule has 1 fully saturated rings. The number of aliphatic carboxylic acids is 1. The first-order valence-corrected chi connectivity index (χ1v) is 6.34. The van der Waals surface area contributed by atoms with Gasteiger partial charge in [0.15, 0.2) is 0 Å². The Bertz CT molecular complexity index is 431. The molecule has 6 nitrogen and oxygen atoms in total. The average molecular weight is 265 g/mol. The molecule has 0 spiro atoms. The Hall–Kier alpha value is -1.66. The van der Waals surface area contributed by atoms with Crippen molar-refractivity contribution in [2.24, 2.45) is 0 Å². The monoisotopic (exact) mass is 265 g/mol. The highest BCUT2D eigenvalue weighted by molar-refractivity contribution is 5.69. The van der Waals surface area contributed by atoms with E-state index in [1.54, 1.807) is 7.11 Å². The van der Waals surface area contributed by atoms with Gasteiger partial charge in [-0.15, -0.1) is 0 Å². The second-order valence-electron chi connectivity index (χ2n) is 4.62. The molecule has 1 saturated heterocycles. The third kappa shape index (κ3) is 4.18. The number of pyridine rings is 1. The Labute approximate surface area is 112 Å². The zero-order chi connectivity index (χ0) is 13.7. The van der Waals surface area contributed by atoms with Gasteiger partial charge in [-0.25, -0.2) is 4.98 Å². The molecule has 19 heavy (non-hydrogen) atoms. The van der Waals surface area contributed by atoms with E-state index in [9.17, 15) is 4.79 Å². The Balaban J connectivity index is 1.83. The summed E-state index contributed by atoms with van der Waals surface area (Å²) in [5.74, 6) is -0.134. The smallest absolute Gasteiger partial charge is 0.317 e. The number of hydrogen-bond acceptors (Lipinski definition) is 5. The Kier molecular flexibility index (Phi) is 4.70. The maximum atomic E-state index is 10.6. The van der Waals surface area contributed by atoms with Crippen LogP contribution < -0.4 is 4.74 Å². The SMILES string of the molecule is COc1cccc(CN2CCN(CC(=O)O)CC2)n1. The maximum Gasteiger partial charge on any atom is 0.317 e. The lowest BCUT2D eigenvalue weighted by molar-refractivity contribution is -0.138. The lowest BCUT2D eigenvalue weighted by Crippen LogP contribution is -2.47. The number of carbonyl (C=O) groups is 1. The first-order valence-electron chi connectivity index (χ1n) is 6.34. The van der Waals surface area contributed by atoms with Gasteiger partial charge in [0.2, 0.25) is 5.88 Å². The molecule has 2 heterocycles. The van der Waals surface area contributed by atoms with Crippen molar-refractivity contribution in [2.75, 3.05) is 39.8 Å². The summed E-state index contributed by atoms with van der Waals surface area (Å²) < 4.78 is 5.10. The van der Waals surface area contributed by atoms with Gasteiger partial charge in [-0.2, -0.15) is 0 Å². The topological polar surface area (TPSA) is 65.9 Å².